The van der Waals surface area contributed by atoms with Crippen LogP contribution in [0, 0.1) is 0 Å². The molecule has 1 saturated heterocycles. The van der Waals surface area contributed by atoms with Gasteiger partial charge in [-0.3, -0.25) is 4.90 Å². The third kappa shape index (κ3) is 3.01. The fraction of sp³-hybridized carbons (Fsp3) is 0.647. The molecule has 1 aliphatic heterocycles. The lowest BCUT2D eigenvalue weighted by molar-refractivity contribution is 0.0756. The van der Waals surface area contributed by atoms with Gasteiger partial charge in [-0.05, 0) is 31.9 Å². The van der Waals surface area contributed by atoms with Gasteiger partial charge in [-0.15, -0.1) is 0 Å². The highest BCUT2D eigenvalue weighted by Crippen LogP contribution is 2.31. The van der Waals surface area contributed by atoms with Gasteiger partial charge in [0.25, 0.3) is 0 Å². The molecule has 3 rings (SSSR count). The van der Waals surface area contributed by atoms with E-state index >= 15 is 0 Å². The summed E-state index contributed by atoms with van der Waals surface area (Å²) in [5.41, 5.74) is 1.89. The van der Waals surface area contributed by atoms with Crippen LogP contribution in [0.5, 0.6) is 0 Å². The molecule has 1 unspecified atom stereocenters. The molecule has 1 saturated carbocycles. The molecule has 2 nitrogen and oxygen atoms in total. The minimum atomic E-state index is 0.431. The van der Waals surface area contributed by atoms with Gasteiger partial charge < -0.3 is 5.32 Å². The van der Waals surface area contributed by atoms with E-state index in [9.17, 15) is 0 Å². The minimum absolute atomic E-state index is 0.431. The van der Waals surface area contributed by atoms with Gasteiger partial charge in [0.05, 0.1) is 0 Å². The second-order valence-electron chi connectivity index (χ2n) is 6.48. The lowest BCUT2D eigenvalue weighted by Crippen LogP contribution is -2.64. The van der Waals surface area contributed by atoms with Gasteiger partial charge in [-0.2, -0.15) is 0 Å². The molecule has 0 radical (unpaired) electrons. The summed E-state index contributed by atoms with van der Waals surface area (Å²) >= 11 is 0. The van der Waals surface area contributed by atoms with E-state index in [0.717, 1.165) is 6.54 Å². The number of hydrogen-bond donors (Lipinski definition) is 1. The lowest BCUT2D eigenvalue weighted by atomic mass is 9.79. The Morgan fingerprint density at radius 1 is 1.16 bits per heavy atom. The maximum absolute atomic E-state index is 3.89. The number of benzene rings is 1. The third-order valence-corrected chi connectivity index (χ3v) is 5.01. The monoisotopic (exact) mass is 258 g/mol. The van der Waals surface area contributed by atoms with Crippen molar-refractivity contribution >= 4 is 0 Å². The van der Waals surface area contributed by atoms with Crippen LogP contribution < -0.4 is 5.32 Å². The molecule has 2 fully saturated rings. The van der Waals surface area contributed by atoms with Gasteiger partial charge in [0.1, 0.15) is 0 Å². The van der Waals surface area contributed by atoms with Crippen LogP contribution >= 0.6 is 0 Å². The smallest absolute Gasteiger partial charge is 0.0309 e. The number of nitrogens with one attached hydrogen (secondary N) is 1. The van der Waals surface area contributed by atoms with Crippen molar-refractivity contribution in [2.24, 2.45) is 0 Å². The predicted octanol–water partition coefficient (Wildman–Crippen LogP) is 2.84. The largest absolute Gasteiger partial charge is 0.308 e. The summed E-state index contributed by atoms with van der Waals surface area (Å²) in [6.45, 7) is 2.37. The topological polar surface area (TPSA) is 15.3 Å². The van der Waals surface area contributed by atoms with Crippen molar-refractivity contribution in [2.75, 3.05) is 20.1 Å². The highest BCUT2D eigenvalue weighted by molar-refractivity contribution is 5.16. The fourth-order valence-corrected chi connectivity index (χ4v) is 3.83. The van der Waals surface area contributed by atoms with Crippen molar-refractivity contribution in [3.05, 3.63) is 35.9 Å². The number of likely N-dealkylation sites (N-methyl/N-ethyl adjacent to an activating group) is 1. The van der Waals surface area contributed by atoms with Crippen molar-refractivity contribution < 1.29 is 0 Å². The van der Waals surface area contributed by atoms with E-state index in [-0.39, 0.29) is 0 Å². The molecule has 1 aliphatic carbocycles. The van der Waals surface area contributed by atoms with Gasteiger partial charge >= 0.3 is 0 Å². The van der Waals surface area contributed by atoms with E-state index in [1.54, 1.807) is 0 Å². The van der Waals surface area contributed by atoms with Crippen LogP contribution in [-0.2, 0) is 6.42 Å². The van der Waals surface area contributed by atoms with E-state index in [2.05, 4.69) is 47.6 Å². The second kappa shape index (κ2) is 5.64. The number of nitrogens with zero attached hydrogens (tertiary/aromatic N) is 1. The summed E-state index contributed by atoms with van der Waals surface area (Å²) in [5.74, 6) is 0. The number of rotatable bonds is 2. The average molecular weight is 258 g/mol. The Morgan fingerprint density at radius 2 is 1.89 bits per heavy atom. The van der Waals surface area contributed by atoms with Gasteiger partial charge in [-0.25, -0.2) is 0 Å². The van der Waals surface area contributed by atoms with Crippen LogP contribution in [0.15, 0.2) is 30.3 Å². The second-order valence-corrected chi connectivity index (χ2v) is 6.48. The average Bonchev–Trinajstić information content (AvgIpc) is 2.44. The zero-order valence-electron chi connectivity index (χ0n) is 12.1. The van der Waals surface area contributed by atoms with Crippen molar-refractivity contribution in [3.8, 4) is 0 Å². The zero-order chi connectivity index (χ0) is 13.1. The summed E-state index contributed by atoms with van der Waals surface area (Å²) < 4.78 is 0. The normalized spacial score (nSPS) is 27.5. The summed E-state index contributed by atoms with van der Waals surface area (Å²) in [7, 11) is 2.31. The Balaban J connectivity index is 1.61. The highest BCUT2D eigenvalue weighted by atomic mass is 15.2. The molecule has 1 heterocycles. The predicted molar refractivity (Wildman–Crippen MR) is 80.4 cm³/mol. The van der Waals surface area contributed by atoms with E-state index in [0.29, 0.717) is 11.6 Å². The summed E-state index contributed by atoms with van der Waals surface area (Å²) in [6, 6.07) is 11.5. The zero-order valence-corrected chi connectivity index (χ0v) is 12.1. The summed E-state index contributed by atoms with van der Waals surface area (Å²) in [6.07, 6.45) is 8.15. The third-order valence-electron chi connectivity index (χ3n) is 5.01. The molecule has 0 amide bonds. The molecule has 1 aromatic carbocycles. The molecule has 104 valence electrons. The molecular weight excluding hydrogens is 232 g/mol. The first-order valence-electron chi connectivity index (χ1n) is 7.77. The van der Waals surface area contributed by atoms with Gasteiger partial charge in [0.2, 0.25) is 0 Å². The SMILES string of the molecule is CN1CC2(CCCCC2)NCC1Cc1ccccc1. The molecule has 1 spiro atoms. The molecule has 2 aliphatic rings. The number of piperazine rings is 1. The molecule has 0 bridgehead atoms. The fourth-order valence-electron chi connectivity index (χ4n) is 3.83. The quantitative estimate of drug-likeness (QED) is 0.877. The van der Waals surface area contributed by atoms with Crippen LogP contribution in [-0.4, -0.2) is 36.6 Å². The molecule has 1 atom stereocenters. The molecule has 1 N–H and O–H groups in total. The van der Waals surface area contributed by atoms with E-state index in [1.165, 1.54) is 50.6 Å². The number of hydrogen-bond acceptors (Lipinski definition) is 2. The van der Waals surface area contributed by atoms with Crippen molar-refractivity contribution in [1.29, 1.82) is 0 Å². The standard InChI is InChI=1S/C17H26N2/c1-19-14-17(10-6-3-7-11-17)18-13-16(19)12-15-8-4-2-5-9-15/h2,4-5,8-9,16,18H,3,6-7,10-14H2,1H3. The van der Waals surface area contributed by atoms with E-state index < -0.39 is 0 Å². The van der Waals surface area contributed by atoms with Crippen molar-refractivity contribution in [2.45, 2.75) is 50.1 Å². The van der Waals surface area contributed by atoms with Gasteiger partial charge in [-0.1, -0.05) is 49.6 Å². The Bertz CT molecular complexity index is 395. The Morgan fingerprint density at radius 3 is 2.58 bits per heavy atom. The van der Waals surface area contributed by atoms with E-state index in [1.807, 2.05) is 0 Å². The van der Waals surface area contributed by atoms with Crippen LogP contribution in [0.25, 0.3) is 0 Å². The molecule has 2 heteroatoms. The maximum Gasteiger partial charge on any atom is 0.0309 e. The van der Waals surface area contributed by atoms with Crippen LogP contribution in [0.2, 0.25) is 0 Å². The highest BCUT2D eigenvalue weighted by Gasteiger charge is 2.38. The first-order valence-corrected chi connectivity index (χ1v) is 7.77. The first kappa shape index (κ1) is 13.1. The Kier molecular flexibility index (Phi) is 3.90. The van der Waals surface area contributed by atoms with Crippen LogP contribution in [0.4, 0.5) is 0 Å². The summed E-state index contributed by atoms with van der Waals surface area (Å²) in [4.78, 5) is 2.59. The van der Waals surface area contributed by atoms with Gasteiger partial charge in [0.15, 0.2) is 0 Å². The molecular formula is C17H26N2. The van der Waals surface area contributed by atoms with Crippen LogP contribution in [0.1, 0.15) is 37.7 Å². The molecule has 0 aromatic heterocycles. The van der Waals surface area contributed by atoms with E-state index in [4.69, 9.17) is 0 Å². The maximum atomic E-state index is 3.89. The minimum Gasteiger partial charge on any atom is -0.308 e. The van der Waals surface area contributed by atoms with Crippen molar-refractivity contribution in [3.63, 3.8) is 0 Å². The molecule has 1 aromatic rings. The van der Waals surface area contributed by atoms with Gasteiger partial charge in [0, 0.05) is 24.7 Å². The molecule has 19 heavy (non-hydrogen) atoms. The van der Waals surface area contributed by atoms with Crippen LogP contribution in [0.3, 0.4) is 0 Å². The lowest BCUT2D eigenvalue weighted by Gasteiger charge is -2.48. The summed E-state index contributed by atoms with van der Waals surface area (Å²) in [5, 5.41) is 3.89. The Hall–Kier alpha value is -0.860. The Labute approximate surface area is 117 Å². The first-order chi connectivity index (χ1) is 9.27. The van der Waals surface area contributed by atoms with Crippen molar-refractivity contribution in [1.82, 2.24) is 10.2 Å².